The lowest BCUT2D eigenvalue weighted by molar-refractivity contribution is 0.477. The summed E-state index contributed by atoms with van der Waals surface area (Å²) >= 11 is 7.46. The van der Waals surface area contributed by atoms with E-state index in [0.29, 0.717) is 24.5 Å². The molecule has 1 N–H and O–H groups in total. The van der Waals surface area contributed by atoms with E-state index in [4.69, 9.17) is 11.6 Å². The minimum atomic E-state index is -3.32. The van der Waals surface area contributed by atoms with Gasteiger partial charge in [0.15, 0.2) is 0 Å². The molecule has 124 valence electrons. The van der Waals surface area contributed by atoms with Crippen LogP contribution in [0.5, 0.6) is 0 Å². The van der Waals surface area contributed by atoms with Crippen molar-refractivity contribution in [1.29, 1.82) is 0 Å². The summed E-state index contributed by atoms with van der Waals surface area (Å²) < 4.78 is 27.3. The Morgan fingerprint density at radius 1 is 1.04 bits per heavy atom. The summed E-state index contributed by atoms with van der Waals surface area (Å²) in [4.78, 5) is 1.57. The van der Waals surface area contributed by atoms with E-state index in [0.717, 1.165) is 29.3 Å². The van der Waals surface area contributed by atoms with Crippen molar-refractivity contribution in [1.82, 2.24) is 9.62 Å². The molecule has 0 radical (unpaired) electrons. The molecule has 0 aliphatic carbocycles. The molecule has 0 spiro atoms. The van der Waals surface area contributed by atoms with Gasteiger partial charge in [0.25, 0.3) is 0 Å². The lowest BCUT2D eigenvalue weighted by Gasteiger charge is -2.15. The van der Waals surface area contributed by atoms with E-state index in [1.54, 1.807) is 27.8 Å². The Morgan fingerprint density at radius 3 is 2.35 bits per heavy atom. The number of thiophene rings is 1. The Morgan fingerprint density at radius 2 is 1.74 bits per heavy atom. The van der Waals surface area contributed by atoms with Gasteiger partial charge >= 0.3 is 0 Å². The summed E-state index contributed by atoms with van der Waals surface area (Å²) in [6.07, 6.45) is 1.90. The van der Waals surface area contributed by atoms with Gasteiger partial charge < -0.3 is 5.32 Å². The maximum absolute atomic E-state index is 12.4. The smallest absolute Gasteiger partial charge is 0.243 e. The third-order valence-corrected chi connectivity index (χ3v) is 7.03. The van der Waals surface area contributed by atoms with Crippen molar-refractivity contribution in [3.05, 3.63) is 51.2 Å². The summed E-state index contributed by atoms with van der Waals surface area (Å²) in [5, 5.41) is 3.34. The van der Waals surface area contributed by atoms with Crippen molar-refractivity contribution in [3.8, 4) is 0 Å². The molecule has 0 bridgehead atoms. The van der Waals surface area contributed by atoms with E-state index >= 15 is 0 Å². The molecule has 2 heterocycles. The predicted octanol–water partition coefficient (Wildman–Crippen LogP) is 3.48. The minimum Gasteiger partial charge on any atom is -0.308 e. The van der Waals surface area contributed by atoms with Crippen molar-refractivity contribution in [2.75, 3.05) is 13.1 Å². The van der Waals surface area contributed by atoms with Crippen LogP contribution in [-0.4, -0.2) is 25.8 Å². The highest BCUT2D eigenvalue weighted by Gasteiger charge is 2.26. The average Bonchev–Trinajstić information content (AvgIpc) is 3.20. The second kappa shape index (κ2) is 7.32. The second-order valence-electron chi connectivity index (χ2n) is 5.56. The molecular formula is C16H19ClN2O2S2. The quantitative estimate of drug-likeness (QED) is 0.846. The highest BCUT2D eigenvalue weighted by Crippen LogP contribution is 2.22. The first-order valence-corrected chi connectivity index (χ1v) is 10.2. The molecule has 1 fully saturated rings. The van der Waals surface area contributed by atoms with Crippen molar-refractivity contribution in [2.45, 2.75) is 30.8 Å². The first kappa shape index (κ1) is 16.9. The number of benzene rings is 1. The van der Waals surface area contributed by atoms with Crippen LogP contribution in [0.25, 0.3) is 0 Å². The molecule has 23 heavy (non-hydrogen) atoms. The van der Waals surface area contributed by atoms with Crippen LogP contribution < -0.4 is 5.32 Å². The SMILES string of the molecule is O=S(=O)(c1ccc(CNCc2ccc(Cl)s2)cc1)N1CCCC1. The van der Waals surface area contributed by atoms with Gasteiger partial charge in [-0.25, -0.2) is 8.42 Å². The first-order valence-electron chi connectivity index (χ1n) is 7.60. The molecule has 1 aromatic heterocycles. The number of hydrogen-bond donors (Lipinski definition) is 1. The number of halogens is 1. The van der Waals surface area contributed by atoms with Crippen LogP contribution in [-0.2, 0) is 23.1 Å². The molecule has 1 saturated heterocycles. The summed E-state index contributed by atoms with van der Waals surface area (Å²) in [6.45, 7) is 2.72. The number of rotatable bonds is 6. The second-order valence-corrected chi connectivity index (χ2v) is 9.30. The van der Waals surface area contributed by atoms with Gasteiger partial charge in [0, 0.05) is 31.1 Å². The lowest BCUT2D eigenvalue weighted by atomic mass is 10.2. The number of nitrogens with zero attached hydrogens (tertiary/aromatic N) is 1. The molecular weight excluding hydrogens is 352 g/mol. The van der Waals surface area contributed by atoms with E-state index in [9.17, 15) is 8.42 Å². The van der Waals surface area contributed by atoms with E-state index in [1.807, 2.05) is 24.3 Å². The third kappa shape index (κ3) is 4.14. The summed E-state index contributed by atoms with van der Waals surface area (Å²) in [6, 6.07) is 11.0. The summed E-state index contributed by atoms with van der Waals surface area (Å²) in [5.41, 5.74) is 1.06. The zero-order chi connectivity index (χ0) is 16.3. The summed E-state index contributed by atoms with van der Waals surface area (Å²) in [7, 11) is -3.32. The molecule has 1 aliphatic rings. The fourth-order valence-corrected chi connectivity index (χ4v) is 5.21. The standard InChI is InChI=1S/C16H19ClN2O2S2/c17-16-8-5-14(22-16)12-18-11-13-3-6-15(7-4-13)23(20,21)19-9-1-2-10-19/h3-8,18H,1-2,9-12H2. The van der Waals surface area contributed by atoms with E-state index < -0.39 is 10.0 Å². The molecule has 0 unspecified atom stereocenters. The van der Waals surface area contributed by atoms with Gasteiger partial charge in [0.2, 0.25) is 10.0 Å². The van der Waals surface area contributed by atoms with Crippen LogP contribution in [0.4, 0.5) is 0 Å². The van der Waals surface area contributed by atoms with Crippen LogP contribution >= 0.6 is 22.9 Å². The van der Waals surface area contributed by atoms with Crippen molar-refractivity contribution in [3.63, 3.8) is 0 Å². The van der Waals surface area contributed by atoms with Gasteiger partial charge in [-0.2, -0.15) is 4.31 Å². The van der Waals surface area contributed by atoms with Gasteiger partial charge in [0.1, 0.15) is 0 Å². The van der Waals surface area contributed by atoms with Gasteiger partial charge in [0.05, 0.1) is 9.23 Å². The zero-order valence-electron chi connectivity index (χ0n) is 12.7. The highest BCUT2D eigenvalue weighted by molar-refractivity contribution is 7.89. The van der Waals surface area contributed by atoms with Crippen LogP contribution in [0.15, 0.2) is 41.3 Å². The Labute approximate surface area is 146 Å². The highest BCUT2D eigenvalue weighted by atomic mass is 35.5. The topological polar surface area (TPSA) is 49.4 Å². The Kier molecular flexibility index (Phi) is 5.38. The summed E-state index contributed by atoms with van der Waals surface area (Å²) in [5.74, 6) is 0. The molecule has 1 aromatic carbocycles. The largest absolute Gasteiger partial charge is 0.308 e. The van der Waals surface area contributed by atoms with E-state index in [1.165, 1.54) is 4.88 Å². The molecule has 3 rings (SSSR count). The average molecular weight is 371 g/mol. The maximum atomic E-state index is 12.4. The van der Waals surface area contributed by atoms with E-state index in [-0.39, 0.29) is 0 Å². The Balaban J connectivity index is 1.58. The third-order valence-electron chi connectivity index (χ3n) is 3.88. The predicted molar refractivity (Wildman–Crippen MR) is 94.3 cm³/mol. The molecule has 4 nitrogen and oxygen atoms in total. The molecule has 0 saturated carbocycles. The molecule has 1 aliphatic heterocycles. The van der Waals surface area contributed by atoms with Gasteiger partial charge in [-0.3, -0.25) is 0 Å². The number of nitrogens with one attached hydrogen (secondary N) is 1. The Bertz CT molecular complexity index is 751. The van der Waals surface area contributed by atoms with Crippen LogP contribution in [0.1, 0.15) is 23.3 Å². The number of hydrogen-bond acceptors (Lipinski definition) is 4. The van der Waals surface area contributed by atoms with Crippen LogP contribution in [0.2, 0.25) is 4.34 Å². The zero-order valence-corrected chi connectivity index (χ0v) is 15.1. The molecule has 7 heteroatoms. The van der Waals surface area contributed by atoms with Crippen molar-refractivity contribution < 1.29 is 8.42 Å². The fraction of sp³-hybridized carbons (Fsp3) is 0.375. The molecule has 2 aromatic rings. The van der Waals surface area contributed by atoms with Crippen LogP contribution in [0.3, 0.4) is 0 Å². The minimum absolute atomic E-state index is 0.383. The normalized spacial score (nSPS) is 16.0. The molecule has 0 amide bonds. The van der Waals surface area contributed by atoms with Gasteiger partial charge in [-0.05, 0) is 42.7 Å². The van der Waals surface area contributed by atoms with Crippen molar-refractivity contribution in [2.24, 2.45) is 0 Å². The van der Waals surface area contributed by atoms with Crippen molar-refractivity contribution >= 4 is 33.0 Å². The molecule has 0 atom stereocenters. The first-order chi connectivity index (χ1) is 11.1. The maximum Gasteiger partial charge on any atom is 0.243 e. The van der Waals surface area contributed by atoms with Gasteiger partial charge in [-0.15, -0.1) is 11.3 Å². The monoisotopic (exact) mass is 370 g/mol. The Hall–Kier alpha value is -0.920. The number of sulfonamides is 1. The van der Waals surface area contributed by atoms with E-state index in [2.05, 4.69) is 5.32 Å². The fourth-order valence-electron chi connectivity index (χ4n) is 2.63. The van der Waals surface area contributed by atoms with Crippen LogP contribution in [0, 0.1) is 0 Å². The lowest BCUT2D eigenvalue weighted by Crippen LogP contribution is -2.27. The van der Waals surface area contributed by atoms with Gasteiger partial charge in [-0.1, -0.05) is 23.7 Å².